The van der Waals surface area contributed by atoms with E-state index in [4.69, 9.17) is 11.5 Å². The van der Waals surface area contributed by atoms with Gasteiger partial charge in [-0.1, -0.05) is 19.3 Å². The number of nitrogens with one attached hydrogen (secondary N) is 1. The molecule has 2 saturated carbocycles. The molecule has 0 aromatic carbocycles. The summed E-state index contributed by atoms with van der Waals surface area (Å²) >= 11 is 0. The van der Waals surface area contributed by atoms with Crippen molar-refractivity contribution in [3.8, 4) is 0 Å². The summed E-state index contributed by atoms with van der Waals surface area (Å²) in [7, 11) is 0. The number of rotatable bonds is 5. The van der Waals surface area contributed by atoms with Crippen LogP contribution in [0.3, 0.4) is 0 Å². The van der Waals surface area contributed by atoms with Crippen LogP contribution in [0.4, 0.5) is 11.8 Å². The lowest BCUT2D eigenvalue weighted by Crippen LogP contribution is -2.53. The molecule has 5 N–H and O–H groups in total. The van der Waals surface area contributed by atoms with Gasteiger partial charge in [0.1, 0.15) is 5.82 Å². The summed E-state index contributed by atoms with van der Waals surface area (Å²) in [6, 6.07) is 2.41. The molecule has 0 bridgehead atoms. The van der Waals surface area contributed by atoms with E-state index in [9.17, 15) is 0 Å². The Morgan fingerprint density at radius 2 is 1.70 bits per heavy atom. The summed E-state index contributed by atoms with van der Waals surface area (Å²) in [5.41, 5.74) is 13.2. The Balaban J connectivity index is 0.00000131. The number of likely N-dealkylation sites (tertiary alicyclic amines) is 1. The second kappa shape index (κ2) is 9.59. The quantitative estimate of drug-likeness (QED) is 0.681. The number of anilines is 2. The molecule has 0 amide bonds. The molecule has 1 saturated heterocycles. The molecular weight excluding hydrogens is 383 g/mol. The van der Waals surface area contributed by atoms with Gasteiger partial charge in [0, 0.05) is 30.1 Å². The van der Waals surface area contributed by atoms with Crippen LogP contribution in [0.1, 0.15) is 69.4 Å². The third-order valence-electron chi connectivity index (χ3n) is 6.52. The Labute approximate surface area is 175 Å². The minimum atomic E-state index is 0. The van der Waals surface area contributed by atoms with Gasteiger partial charge in [0.2, 0.25) is 5.95 Å². The zero-order valence-corrected chi connectivity index (χ0v) is 17.7. The van der Waals surface area contributed by atoms with Crippen molar-refractivity contribution in [2.24, 2.45) is 5.73 Å². The van der Waals surface area contributed by atoms with Crippen molar-refractivity contribution in [1.29, 1.82) is 0 Å². The van der Waals surface area contributed by atoms with Gasteiger partial charge in [-0.05, 0) is 51.6 Å². The predicted molar refractivity (Wildman–Crippen MR) is 116 cm³/mol. The molecule has 1 aromatic rings. The third kappa shape index (κ3) is 4.97. The summed E-state index contributed by atoms with van der Waals surface area (Å²) in [4.78, 5) is 11.6. The van der Waals surface area contributed by atoms with Crippen molar-refractivity contribution in [1.82, 2.24) is 14.9 Å². The first kappa shape index (κ1) is 22.5. The van der Waals surface area contributed by atoms with Crippen molar-refractivity contribution in [2.75, 3.05) is 30.7 Å². The molecule has 1 aromatic heterocycles. The van der Waals surface area contributed by atoms with Gasteiger partial charge >= 0.3 is 0 Å². The van der Waals surface area contributed by atoms with E-state index < -0.39 is 0 Å². The van der Waals surface area contributed by atoms with E-state index in [0.717, 1.165) is 30.9 Å². The molecule has 0 atom stereocenters. The number of nitrogens with two attached hydrogens (primary N) is 2. The van der Waals surface area contributed by atoms with E-state index >= 15 is 0 Å². The van der Waals surface area contributed by atoms with Crippen LogP contribution in [0.25, 0.3) is 0 Å². The maximum atomic E-state index is 5.97. The highest BCUT2D eigenvalue weighted by atomic mass is 35.5. The van der Waals surface area contributed by atoms with E-state index in [1.54, 1.807) is 0 Å². The molecule has 3 aliphatic rings. The van der Waals surface area contributed by atoms with Gasteiger partial charge in [0.15, 0.2) is 0 Å². The Bertz CT molecular complexity index is 596. The van der Waals surface area contributed by atoms with Crippen LogP contribution in [0.2, 0.25) is 0 Å². The van der Waals surface area contributed by atoms with Crippen LogP contribution < -0.4 is 16.8 Å². The average molecular weight is 417 g/mol. The Hall–Kier alpha value is -0.820. The Morgan fingerprint density at radius 1 is 1.04 bits per heavy atom. The largest absolute Gasteiger partial charge is 0.368 e. The van der Waals surface area contributed by atoms with Crippen LogP contribution in [-0.2, 0) is 0 Å². The standard InChI is InChI=1S/C19H32N6.2ClH/c20-15-10-14(11-15)16-12-17(24-18(21)23-16)22-13-19(6-2-3-7-19)25-8-4-1-5-9-25;;/h12,14-15H,1-11,13,20H2,(H3,21,22,23,24);2*1H. The van der Waals surface area contributed by atoms with Gasteiger partial charge in [-0.2, -0.15) is 4.98 Å². The van der Waals surface area contributed by atoms with Gasteiger partial charge in [0.05, 0.1) is 5.69 Å². The van der Waals surface area contributed by atoms with E-state index in [-0.39, 0.29) is 24.8 Å². The van der Waals surface area contributed by atoms with Crippen molar-refractivity contribution in [3.63, 3.8) is 0 Å². The lowest BCUT2D eigenvalue weighted by Gasteiger charge is -2.44. The molecule has 4 rings (SSSR count). The highest BCUT2D eigenvalue weighted by Crippen LogP contribution is 2.38. The lowest BCUT2D eigenvalue weighted by atomic mass is 9.78. The first-order valence-corrected chi connectivity index (χ1v) is 10.0. The zero-order valence-electron chi connectivity index (χ0n) is 16.0. The summed E-state index contributed by atoms with van der Waals surface area (Å²) in [6.45, 7) is 3.46. The molecular formula is C19H34Cl2N6. The second-order valence-corrected chi connectivity index (χ2v) is 8.30. The van der Waals surface area contributed by atoms with Gasteiger partial charge in [-0.25, -0.2) is 4.98 Å². The molecule has 2 heterocycles. The molecule has 6 nitrogen and oxygen atoms in total. The molecule has 0 unspecified atom stereocenters. The van der Waals surface area contributed by atoms with Crippen LogP contribution in [0, 0.1) is 0 Å². The smallest absolute Gasteiger partial charge is 0.222 e. The molecule has 27 heavy (non-hydrogen) atoms. The summed E-state index contributed by atoms with van der Waals surface area (Å²) in [5.74, 6) is 1.70. The molecule has 3 fully saturated rings. The zero-order chi connectivity index (χ0) is 17.3. The lowest BCUT2D eigenvalue weighted by molar-refractivity contribution is 0.0808. The van der Waals surface area contributed by atoms with Crippen molar-refractivity contribution >= 4 is 36.6 Å². The number of nitrogen functional groups attached to an aromatic ring is 1. The van der Waals surface area contributed by atoms with E-state index in [1.165, 1.54) is 58.0 Å². The fourth-order valence-corrected chi connectivity index (χ4v) is 4.95. The highest BCUT2D eigenvalue weighted by molar-refractivity contribution is 5.85. The average Bonchev–Trinajstić information content (AvgIpc) is 3.08. The van der Waals surface area contributed by atoms with Crippen molar-refractivity contribution in [2.45, 2.75) is 75.3 Å². The van der Waals surface area contributed by atoms with Gasteiger partial charge < -0.3 is 16.8 Å². The summed E-state index contributed by atoms with van der Waals surface area (Å²) in [5, 5.41) is 3.62. The molecule has 1 aliphatic heterocycles. The molecule has 0 radical (unpaired) electrons. The minimum absolute atomic E-state index is 0. The highest BCUT2D eigenvalue weighted by Gasteiger charge is 2.39. The number of halogens is 2. The molecule has 0 spiro atoms. The third-order valence-corrected chi connectivity index (χ3v) is 6.52. The van der Waals surface area contributed by atoms with Crippen LogP contribution >= 0.6 is 24.8 Å². The van der Waals surface area contributed by atoms with E-state index in [1.807, 2.05) is 0 Å². The number of hydrogen-bond acceptors (Lipinski definition) is 6. The number of aromatic nitrogens is 2. The number of hydrogen-bond donors (Lipinski definition) is 3. The number of piperidine rings is 1. The molecule has 2 aliphatic carbocycles. The van der Waals surface area contributed by atoms with Crippen LogP contribution in [-0.4, -0.2) is 46.1 Å². The van der Waals surface area contributed by atoms with E-state index in [2.05, 4.69) is 26.3 Å². The van der Waals surface area contributed by atoms with Crippen molar-refractivity contribution in [3.05, 3.63) is 11.8 Å². The minimum Gasteiger partial charge on any atom is -0.368 e. The number of nitrogens with zero attached hydrogens (tertiary/aromatic N) is 3. The monoisotopic (exact) mass is 416 g/mol. The second-order valence-electron chi connectivity index (χ2n) is 8.30. The first-order valence-electron chi connectivity index (χ1n) is 10.0. The van der Waals surface area contributed by atoms with Gasteiger partial charge in [-0.15, -0.1) is 24.8 Å². The van der Waals surface area contributed by atoms with Crippen molar-refractivity contribution < 1.29 is 0 Å². The fourth-order valence-electron chi connectivity index (χ4n) is 4.95. The Kier molecular flexibility index (Phi) is 7.98. The maximum absolute atomic E-state index is 5.97. The van der Waals surface area contributed by atoms with Gasteiger partial charge in [-0.3, -0.25) is 4.90 Å². The molecule has 154 valence electrons. The van der Waals surface area contributed by atoms with Gasteiger partial charge in [0.25, 0.3) is 0 Å². The van der Waals surface area contributed by atoms with E-state index in [0.29, 0.717) is 23.4 Å². The summed E-state index contributed by atoms with van der Waals surface area (Å²) < 4.78 is 0. The maximum Gasteiger partial charge on any atom is 0.222 e. The molecule has 8 heteroatoms. The normalized spacial score (nSPS) is 27.1. The first-order chi connectivity index (χ1) is 12.1. The fraction of sp³-hybridized carbons (Fsp3) is 0.789. The van der Waals surface area contributed by atoms with Crippen LogP contribution in [0.15, 0.2) is 6.07 Å². The SMILES string of the molecule is Cl.Cl.Nc1nc(NCC2(N3CCCCC3)CCCC2)cc(C2CC(N)C2)n1. The predicted octanol–water partition coefficient (Wildman–Crippen LogP) is 3.32. The summed E-state index contributed by atoms with van der Waals surface area (Å²) in [6.07, 6.45) is 11.4. The topological polar surface area (TPSA) is 93.1 Å². The Morgan fingerprint density at radius 3 is 2.33 bits per heavy atom. The van der Waals surface area contributed by atoms with Crippen LogP contribution in [0.5, 0.6) is 0 Å².